The number of hydrogen-bond acceptors (Lipinski definition) is 3. The van der Waals surface area contributed by atoms with Gasteiger partial charge < -0.3 is 10.2 Å². The fourth-order valence-electron chi connectivity index (χ4n) is 3.18. The zero-order chi connectivity index (χ0) is 18.2. The van der Waals surface area contributed by atoms with E-state index in [0.717, 1.165) is 33.4 Å². The van der Waals surface area contributed by atoms with E-state index in [1.807, 2.05) is 65.8 Å². The van der Waals surface area contributed by atoms with E-state index in [-0.39, 0.29) is 29.1 Å². The SMILES string of the molecule is Cc1cc(C(C)C(=O)C(C)c2cc(C)c(O)c(C)c2)cc(C)c1O. The predicted octanol–water partition coefficient (Wildman–Crippen LogP) is 4.81. The summed E-state index contributed by atoms with van der Waals surface area (Å²) in [6, 6.07) is 7.52. The molecule has 0 saturated heterocycles. The van der Waals surface area contributed by atoms with Gasteiger partial charge in [-0.3, -0.25) is 4.79 Å². The fraction of sp³-hybridized carbons (Fsp3) is 0.381. The monoisotopic (exact) mass is 326 g/mol. The van der Waals surface area contributed by atoms with Gasteiger partial charge in [-0.15, -0.1) is 0 Å². The Bertz CT molecular complexity index is 678. The van der Waals surface area contributed by atoms with Crippen molar-refractivity contribution in [3.8, 4) is 11.5 Å². The Morgan fingerprint density at radius 2 is 0.958 bits per heavy atom. The zero-order valence-electron chi connectivity index (χ0n) is 15.3. The molecule has 2 aromatic rings. The fourth-order valence-corrected chi connectivity index (χ4v) is 3.18. The number of ketones is 1. The van der Waals surface area contributed by atoms with Crippen LogP contribution in [0.2, 0.25) is 0 Å². The van der Waals surface area contributed by atoms with Crippen molar-refractivity contribution in [1.29, 1.82) is 0 Å². The van der Waals surface area contributed by atoms with Crippen LogP contribution in [0.4, 0.5) is 0 Å². The highest BCUT2D eigenvalue weighted by atomic mass is 16.3. The molecule has 0 radical (unpaired) electrons. The molecule has 2 unspecified atom stereocenters. The molecule has 2 rings (SSSR count). The first-order chi connectivity index (χ1) is 11.1. The molecular weight excluding hydrogens is 300 g/mol. The Hall–Kier alpha value is -2.29. The molecule has 2 atom stereocenters. The molecule has 24 heavy (non-hydrogen) atoms. The minimum absolute atomic E-state index is 0.129. The maximum absolute atomic E-state index is 12.9. The number of phenols is 2. The van der Waals surface area contributed by atoms with E-state index in [9.17, 15) is 15.0 Å². The number of hydrogen-bond donors (Lipinski definition) is 2. The second kappa shape index (κ2) is 6.68. The molecule has 0 aromatic heterocycles. The van der Waals surface area contributed by atoms with E-state index in [1.165, 1.54) is 0 Å². The number of Topliss-reactive ketones (excluding diaryl/α,β-unsaturated/α-hetero) is 1. The number of rotatable bonds is 4. The van der Waals surface area contributed by atoms with E-state index in [1.54, 1.807) is 0 Å². The Balaban J connectivity index is 2.34. The third-order valence-electron chi connectivity index (χ3n) is 4.88. The Labute approximate surface area is 144 Å². The topological polar surface area (TPSA) is 57.5 Å². The van der Waals surface area contributed by atoms with E-state index >= 15 is 0 Å². The number of carbonyl (C=O) groups excluding carboxylic acids is 1. The first-order valence-electron chi connectivity index (χ1n) is 8.27. The quantitative estimate of drug-likeness (QED) is 0.848. The molecule has 128 valence electrons. The highest BCUT2D eigenvalue weighted by Crippen LogP contribution is 2.33. The number of phenolic OH excluding ortho intramolecular Hbond substituents is 2. The second-order valence-corrected chi connectivity index (χ2v) is 6.85. The van der Waals surface area contributed by atoms with Gasteiger partial charge in [0.25, 0.3) is 0 Å². The van der Waals surface area contributed by atoms with E-state index in [4.69, 9.17) is 0 Å². The van der Waals surface area contributed by atoms with Gasteiger partial charge in [-0.2, -0.15) is 0 Å². The van der Waals surface area contributed by atoms with Crippen LogP contribution in [-0.2, 0) is 4.79 Å². The third-order valence-corrected chi connectivity index (χ3v) is 4.88. The summed E-state index contributed by atoms with van der Waals surface area (Å²) in [6.45, 7) is 11.2. The molecule has 0 fully saturated rings. The van der Waals surface area contributed by atoms with Gasteiger partial charge in [0.15, 0.2) is 0 Å². The van der Waals surface area contributed by atoms with Crippen LogP contribution < -0.4 is 0 Å². The van der Waals surface area contributed by atoms with Crippen LogP contribution in [0.1, 0.15) is 59.1 Å². The average Bonchev–Trinajstić information content (AvgIpc) is 2.54. The smallest absolute Gasteiger partial charge is 0.147 e. The Kier molecular flexibility index (Phi) is 5.02. The summed E-state index contributed by atoms with van der Waals surface area (Å²) in [5, 5.41) is 19.8. The van der Waals surface area contributed by atoms with Crippen molar-refractivity contribution in [3.63, 3.8) is 0 Å². The minimum atomic E-state index is -0.257. The summed E-state index contributed by atoms with van der Waals surface area (Å²) in [6.07, 6.45) is 0. The van der Waals surface area contributed by atoms with Crippen LogP contribution in [0.3, 0.4) is 0 Å². The van der Waals surface area contributed by atoms with Crippen molar-refractivity contribution in [2.24, 2.45) is 0 Å². The van der Waals surface area contributed by atoms with Crippen LogP contribution >= 0.6 is 0 Å². The van der Waals surface area contributed by atoms with Crippen molar-refractivity contribution in [1.82, 2.24) is 0 Å². The standard InChI is InChI=1S/C21H26O3/c1-11-7-17(8-12(2)19(11)22)15(5)21(24)16(6)18-9-13(3)20(23)14(4)10-18/h7-10,15-16,22-23H,1-6H3. The molecular formula is C21H26O3. The first kappa shape index (κ1) is 18.1. The predicted molar refractivity (Wildman–Crippen MR) is 97.0 cm³/mol. The number of benzene rings is 2. The molecule has 0 heterocycles. The van der Waals surface area contributed by atoms with Gasteiger partial charge in [-0.1, -0.05) is 38.1 Å². The largest absolute Gasteiger partial charge is 0.507 e. The number of aryl methyl sites for hydroxylation is 4. The maximum Gasteiger partial charge on any atom is 0.147 e. The summed E-state index contributed by atoms with van der Waals surface area (Å²) < 4.78 is 0. The lowest BCUT2D eigenvalue weighted by molar-refractivity contribution is -0.121. The summed E-state index contributed by atoms with van der Waals surface area (Å²) in [5.41, 5.74) is 4.99. The van der Waals surface area contributed by atoms with Crippen molar-refractivity contribution in [3.05, 3.63) is 57.6 Å². The molecule has 0 aliphatic rings. The highest BCUT2D eigenvalue weighted by Gasteiger charge is 2.24. The maximum atomic E-state index is 12.9. The first-order valence-corrected chi connectivity index (χ1v) is 8.27. The lowest BCUT2D eigenvalue weighted by Gasteiger charge is -2.19. The van der Waals surface area contributed by atoms with Gasteiger partial charge in [0, 0.05) is 11.8 Å². The van der Waals surface area contributed by atoms with Crippen molar-refractivity contribution < 1.29 is 15.0 Å². The number of carbonyl (C=O) groups is 1. The zero-order valence-corrected chi connectivity index (χ0v) is 15.3. The Morgan fingerprint density at radius 1 is 0.708 bits per heavy atom. The summed E-state index contributed by atoms with van der Waals surface area (Å²) in [7, 11) is 0. The molecule has 0 amide bonds. The van der Waals surface area contributed by atoms with E-state index in [2.05, 4.69) is 0 Å². The molecule has 0 aliphatic heterocycles. The van der Waals surface area contributed by atoms with E-state index < -0.39 is 0 Å². The van der Waals surface area contributed by atoms with Gasteiger partial charge >= 0.3 is 0 Å². The van der Waals surface area contributed by atoms with Crippen LogP contribution in [0.15, 0.2) is 24.3 Å². The van der Waals surface area contributed by atoms with Gasteiger partial charge in [-0.25, -0.2) is 0 Å². The lowest BCUT2D eigenvalue weighted by Crippen LogP contribution is -2.17. The normalized spacial score (nSPS) is 13.6. The van der Waals surface area contributed by atoms with Crippen LogP contribution in [0.5, 0.6) is 11.5 Å². The third kappa shape index (κ3) is 3.30. The van der Waals surface area contributed by atoms with Crippen molar-refractivity contribution in [2.45, 2.75) is 53.4 Å². The van der Waals surface area contributed by atoms with Gasteiger partial charge in [0.05, 0.1) is 0 Å². The molecule has 3 heteroatoms. The van der Waals surface area contributed by atoms with Crippen molar-refractivity contribution in [2.75, 3.05) is 0 Å². The van der Waals surface area contributed by atoms with Gasteiger partial charge in [0.1, 0.15) is 17.3 Å². The van der Waals surface area contributed by atoms with Crippen LogP contribution in [-0.4, -0.2) is 16.0 Å². The minimum Gasteiger partial charge on any atom is -0.507 e. The molecule has 0 spiro atoms. The average molecular weight is 326 g/mol. The Morgan fingerprint density at radius 3 is 1.21 bits per heavy atom. The molecule has 0 aliphatic carbocycles. The highest BCUT2D eigenvalue weighted by molar-refractivity contribution is 5.91. The molecule has 3 nitrogen and oxygen atoms in total. The molecule has 2 aromatic carbocycles. The lowest BCUT2D eigenvalue weighted by atomic mass is 9.84. The number of aromatic hydroxyl groups is 2. The molecule has 0 saturated carbocycles. The van der Waals surface area contributed by atoms with E-state index in [0.29, 0.717) is 0 Å². The molecule has 2 N–H and O–H groups in total. The molecule has 0 bridgehead atoms. The van der Waals surface area contributed by atoms with Gasteiger partial charge in [-0.05, 0) is 61.1 Å². The summed E-state index contributed by atoms with van der Waals surface area (Å²) >= 11 is 0. The summed E-state index contributed by atoms with van der Waals surface area (Å²) in [4.78, 5) is 12.9. The second-order valence-electron chi connectivity index (χ2n) is 6.85. The van der Waals surface area contributed by atoms with Crippen LogP contribution in [0.25, 0.3) is 0 Å². The van der Waals surface area contributed by atoms with Crippen LogP contribution in [0, 0.1) is 27.7 Å². The van der Waals surface area contributed by atoms with Crippen molar-refractivity contribution >= 4 is 5.78 Å². The summed E-state index contributed by atoms with van der Waals surface area (Å²) in [5.74, 6) is 0.191. The van der Waals surface area contributed by atoms with Gasteiger partial charge in [0.2, 0.25) is 0 Å².